The number of carboxylic acids is 1. The van der Waals surface area contributed by atoms with Gasteiger partial charge in [-0.2, -0.15) is 0 Å². The molecule has 0 spiro atoms. The maximum atomic E-state index is 12.2. The van der Waals surface area contributed by atoms with Crippen LogP contribution in [-0.2, 0) is 9.59 Å². The van der Waals surface area contributed by atoms with Gasteiger partial charge in [0.05, 0.1) is 0 Å². The summed E-state index contributed by atoms with van der Waals surface area (Å²) in [6, 6.07) is 7.91. The van der Waals surface area contributed by atoms with Crippen LogP contribution in [0, 0.1) is 0 Å². The predicted octanol–water partition coefficient (Wildman–Crippen LogP) is 2.35. The van der Waals surface area contributed by atoms with Crippen molar-refractivity contribution in [3.05, 3.63) is 29.8 Å². The van der Waals surface area contributed by atoms with E-state index in [1.807, 2.05) is 31.2 Å². The first-order chi connectivity index (χ1) is 9.96. The number of para-hydroxylation sites is 1. The molecule has 5 heteroatoms. The Bertz CT molecular complexity index is 544. The topological polar surface area (TPSA) is 78.4 Å². The predicted molar refractivity (Wildman–Crippen MR) is 81.4 cm³/mol. The van der Waals surface area contributed by atoms with Crippen molar-refractivity contribution in [3.8, 4) is 0 Å². The van der Waals surface area contributed by atoms with Gasteiger partial charge >= 0.3 is 5.97 Å². The van der Waals surface area contributed by atoms with Gasteiger partial charge in [-0.25, -0.2) is 4.79 Å². The number of benzene rings is 1. The summed E-state index contributed by atoms with van der Waals surface area (Å²) in [4.78, 5) is 23.6. The summed E-state index contributed by atoms with van der Waals surface area (Å²) in [5.74, 6) is -1.10. The zero-order chi connectivity index (χ0) is 15.5. The van der Waals surface area contributed by atoms with Gasteiger partial charge < -0.3 is 15.7 Å². The van der Waals surface area contributed by atoms with E-state index in [9.17, 15) is 14.7 Å². The Morgan fingerprint density at radius 3 is 2.81 bits per heavy atom. The standard InChI is InChI=1S/C16H22N2O3/c1-3-8-16(2,15(20)21)18-14(19)9-11-10-17-13-7-5-4-6-12(11)13/h4-7,11,17H,3,8-10H2,1-2H3,(H,18,19)(H,20,21). The van der Waals surface area contributed by atoms with Crippen LogP contribution in [0.4, 0.5) is 5.69 Å². The Hall–Kier alpha value is -2.04. The van der Waals surface area contributed by atoms with E-state index in [2.05, 4.69) is 10.6 Å². The zero-order valence-corrected chi connectivity index (χ0v) is 12.5. The van der Waals surface area contributed by atoms with Crippen molar-refractivity contribution in [2.75, 3.05) is 11.9 Å². The maximum Gasteiger partial charge on any atom is 0.329 e. The highest BCUT2D eigenvalue weighted by Crippen LogP contribution is 2.33. The number of anilines is 1. The summed E-state index contributed by atoms with van der Waals surface area (Å²) in [7, 11) is 0. The van der Waals surface area contributed by atoms with Crippen LogP contribution < -0.4 is 10.6 Å². The van der Waals surface area contributed by atoms with E-state index in [1.54, 1.807) is 6.92 Å². The van der Waals surface area contributed by atoms with E-state index in [1.165, 1.54) is 0 Å². The van der Waals surface area contributed by atoms with Crippen LogP contribution in [0.1, 0.15) is 44.6 Å². The lowest BCUT2D eigenvalue weighted by molar-refractivity contribution is -0.147. The van der Waals surface area contributed by atoms with Crippen LogP contribution in [0.25, 0.3) is 0 Å². The summed E-state index contributed by atoms with van der Waals surface area (Å²) in [6.07, 6.45) is 1.43. The van der Waals surface area contributed by atoms with Gasteiger partial charge in [-0.05, 0) is 25.0 Å². The van der Waals surface area contributed by atoms with Crippen molar-refractivity contribution < 1.29 is 14.7 Å². The van der Waals surface area contributed by atoms with Gasteiger partial charge in [-0.3, -0.25) is 4.79 Å². The average Bonchev–Trinajstić information content (AvgIpc) is 2.82. The van der Waals surface area contributed by atoms with Gasteiger partial charge in [-0.1, -0.05) is 31.5 Å². The third-order valence-electron chi connectivity index (χ3n) is 4.01. The zero-order valence-electron chi connectivity index (χ0n) is 12.5. The molecular formula is C16H22N2O3. The minimum atomic E-state index is -1.18. The van der Waals surface area contributed by atoms with E-state index in [0.717, 1.165) is 11.3 Å². The van der Waals surface area contributed by atoms with Gasteiger partial charge in [0.1, 0.15) is 5.54 Å². The van der Waals surface area contributed by atoms with Crippen molar-refractivity contribution in [2.24, 2.45) is 0 Å². The second-order valence-electron chi connectivity index (χ2n) is 5.80. The highest BCUT2D eigenvalue weighted by atomic mass is 16.4. The molecular weight excluding hydrogens is 268 g/mol. The molecule has 0 bridgehead atoms. The first-order valence-corrected chi connectivity index (χ1v) is 7.33. The van der Waals surface area contributed by atoms with E-state index in [0.29, 0.717) is 25.8 Å². The van der Waals surface area contributed by atoms with Crippen molar-refractivity contribution in [2.45, 2.75) is 44.6 Å². The smallest absolute Gasteiger partial charge is 0.329 e. The number of carbonyl (C=O) groups excluding carboxylic acids is 1. The number of carbonyl (C=O) groups is 2. The largest absolute Gasteiger partial charge is 0.480 e. The molecule has 1 heterocycles. The van der Waals surface area contributed by atoms with Crippen molar-refractivity contribution in [1.29, 1.82) is 0 Å². The molecule has 1 aromatic carbocycles. The second-order valence-corrected chi connectivity index (χ2v) is 5.80. The minimum Gasteiger partial charge on any atom is -0.480 e. The van der Waals surface area contributed by atoms with Crippen LogP contribution in [-0.4, -0.2) is 29.1 Å². The quantitative estimate of drug-likeness (QED) is 0.751. The molecule has 2 rings (SSSR count). The third-order valence-corrected chi connectivity index (χ3v) is 4.01. The van der Waals surface area contributed by atoms with Gasteiger partial charge in [0.2, 0.25) is 5.91 Å². The van der Waals surface area contributed by atoms with E-state index in [-0.39, 0.29) is 11.8 Å². The summed E-state index contributed by atoms with van der Waals surface area (Å²) in [6.45, 7) is 4.19. The van der Waals surface area contributed by atoms with Gasteiger partial charge in [0, 0.05) is 24.6 Å². The molecule has 0 saturated carbocycles. The fraction of sp³-hybridized carbons (Fsp3) is 0.500. The van der Waals surface area contributed by atoms with E-state index >= 15 is 0 Å². The lowest BCUT2D eigenvalue weighted by atomic mass is 9.94. The summed E-state index contributed by atoms with van der Waals surface area (Å²) in [5, 5.41) is 15.3. The first-order valence-electron chi connectivity index (χ1n) is 7.33. The molecule has 114 valence electrons. The number of carboxylic acid groups (broad SMARTS) is 1. The number of hydrogen-bond acceptors (Lipinski definition) is 3. The Morgan fingerprint density at radius 2 is 2.14 bits per heavy atom. The molecule has 5 nitrogen and oxygen atoms in total. The third kappa shape index (κ3) is 3.35. The summed E-state index contributed by atoms with van der Waals surface area (Å²) in [5.41, 5.74) is 1.00. The first kappa shape index (κ1) is 15.4. The monoisotopic (exact) mass is 290 g/mol. The average molecular weight is 290 g/mol. The maximum absolute atomic E-state index is 12.2. The molecule has 0 fully saturated rings. The van der Waals surface area contributed by atoms with Crippen molar-refractivity contribution in [1.82, 2.24) is 5.32 Å². The molecule has 2 unspecified atom stereocenters. The molecule has 3 N–H and O–H groups in total. The van der Waals surface area contributed by atoms with Crippen LogP contribution in [0.3, 0.4) is 0 Å². The molecule has 1 aliphatic heterocycles. The Labute approximate surface area is 124 Å². The highest BCUT2D eigenvalue weighted by Gasteiger charge is 2.35. The highest BCUT2D eigenvalue weighted by molar-refractivity contribution is 5.87. The number of hydrogen-bond donors (Lipinski definition) is 3. The summed E-state index contributed by atoms with van der Waals surface area (Å²) < 4.78 is 0. The lowest BCUT2D eigenvalue weighted by Gasteiger charge is -2.26. The van der Waals surface area contributed by atoms with E-state index < -0.39 is 11.5 Å². The molecule has 21 heavy (non-hydrogen) atoms. The molecule has 0 aliphatic carbocycles. The van der Waals surface area contributed by atoms with Crippen molar-refractivity contribution in [3.63, 3.8) is 0 Å². The van der Waals surface area contributed by atoms with Crippen LogP contribution in [0.2, 0.25) is 0 Å². The number of aliphatic carboxylic acids is 1. The van der Waals surface area contributed by atoms with E-state index in [4.69, 9.17) is 0 Å². The Kier molecular flexibility index (Phi) is 4.50. The molecule has 1 amide bonds. The Balaban J connectivity index is 2.01. The number of amides is 1. The second kappa shape index (κ2) is 6.16. The number of fused-ring (bicyclic) bond motifs is 1. The molecule has 0 radical (unpaired) electrons. The fourth-order valence-electron chi connectivity index (χ4n) is 2.84. The van der Waals surface area contributed by atoms with Gasteiger partial charge in [0.15, 0.2) is 0 Å². The van der Waals surface area contributed by atoms with Crippen LogP contribution in [0.5, 0.6) is 0 Å². The Morgan fingerprint density at radius 1 is 1.43 bits per heavy atom. The normalized spacial score (nSPS) is 19.2. The molecule has 1 aromatic rings. The molecule has 1 aliphatic rings. The van der Waals surface area contributed by atoms with Gasteiger partial charge in [0.25, 0.3) is 0 Å². The van der Waals surface area contributed by atoms with Gasteiger partial charge in [-0.15, -0.1) is 0 Å². The van der Waals surface area contributed by atoms with Crippen molar-refractivity contribution >= 4 is 17.6 Å². The van der Waals surface area contributed by atoms with Crippen LogP contribution >= 0.6 is 0 Å². The minimum absolute atomic E-state index is 0.0980. The SMILES string of the molecule is CCCC(C)(NC(=O)CC1CNc2ccccc21)C(=O)O. The molecule has 0 saturated heterocycles. The fourth-order valence-corrected chi connectivity index (χ4v) is 2.84. The molecule has 0 aromatic heterocycles. The van der Waals surface area contributed by atoms with Crippen LogP contribution in [0.15, 0.2) is 24.3 Å². The lowest BCUT2D eigenvalue weighted by Crippen LogP contribution is -2.52. The number of rotatable bonds is 6. The summed E-state index contributed by atoms with van der Waals surface area (Å²) >= 11 is 0. The molecule has 2 atom stereocenters. The number of nitrogens with one attached hydrogen (secondary N) is 2.